The summed E-state index contributed by atoms with van der Waals surface area (Å²) < 4.78 is 0. The maximum absolute atomic E-state index is 9.80. The molecule has 0 aliphatic heterocycles. The van der Waals surface area contributed by atoms with Crippen LogP contribution in [0.15, 0.2) is 0 Å². The van der Waals surface area contributed by atoms with Gasteiger partial charge in [0.15, 0.2) is 0 Å². The molecule has 0 aliphatic rings. The smallest absolute Gasteiger partial charge is 0.364 e. The summed E-state index contributed by atoms with van der Waals surface area (Å²) in [5.74, 6) is 0. The summed E-state index contributed by atoms with van der Waals surface area (Å²) in [6, 6.07) is 0. The molecule has 1 radical (unpaired) electrons. The third-order valence-electron chi connectivity index (χ3n) is 0. The van der Waals surface area contributed by atoms with Gasteiger partial charge in [-0.25, -0.2) is 0 Å². The Morgan fingerprint density at radius 2 is 1.60 bits per heavy atom. The van der Waals surface area contributed by atoms with Crippen molar-refractivity contribution in [3.05, 3.63) is 0 Å². The van der Waals surface area contributed by atoms with Crippen LogP contribution in [0.3, 0.4) is 0 Å². The molecular weight excluding hydrogens is 84.1 g/mol. The molecule has 0 atom stereocenters. The molecule has 0 rings (SSSR count). The summed E-state index contributed by atoms with van der Waals surface area (Å²) in [5, 5.41) is 0. The minimum absolute atomic E-state index is 1.33. The van der Waals surface area contributed by atoms with Crippen molar-refractivity contribution in [3.63, 3.8) is 0 Å². The Balaban J connectivity index is 3.02. The normalized spacial score (nSPS) is 12.0. The van der Waals surface area contributed by atoms with Gasteiger partial charge in [-0.15, -0.1) is 0 Å². The van der Waals surface area contributed by atoms with E-state index in [9.17, 15) is 4.80 Å². The van der Waals surface area contributed by atoms with E-state index in [-0.39, 0.29) is 0 Å². The van der Waals surface area contributed by atoms with Crippen LogP contribution in [0, 0.1) is 0 Å². The van der Waals surface area contributed by atoms with Gasteiger partial charge >= 0.3 is 8.56 Å². The Labute approximate surface area is 32.3 Å². The highest BCUT2D eigenvalue weighted by Crippen LogP contribution is 1.84. The van der Waals surface area contributed by atoms with Gasteiger partial charge in [0.2, 0.25) is 0 Å². The Morgan fingerprint density at radius 1 is 1.60 bits per heavy atom. The first kappa shape index (κ1) is 5.14. The van der Waals surface area contributed by atoms with Crippen LogP contribution >= 0.6 is 0 Å². The molecule has 0 bridgehead atoms. The lowest BCUT2D eigenvalue weighted by molar-refractivity contribution is 0.312. The van der Waals surface area contributed by atoms with Gasteiger partial charge in [0.1, 0.15) is 0 Å². The second kappa shape index (κ2) is 1.08. The zero-order valence-corrected chi connectivity index (χ0v) is 4.36. The second-order valence-electron chi connectivity index (χ2n) is 1.45. The molecule has 0 heterocycles. The van der Waals surface area contributed by atoms with Crippen molar-refractivity contribution in [2.75, 3.05) is 0 Å². The molecule has 0 aromatic carbocycles. The van der Waals surface area contributed by atoms with E-state index in [1.165, 1.54) is 13.1 Å². The van der Waals surface area contributed by atoms with E-state index in [1.807, 2.05) is 0 Å². The van der Waals surface area contributed by atoms with Crippen LogP contribution in [0.2, 0.25) is 13.1 Å². The van der Waals surface area contributed by atoms with Crippen molar-refractivity contribution in [2.45, 2.75) is 13.1 Å². The molecule has 2 nitrogen and oxygen atoms in total. The monoisotopic (exact) mass is 91.0 g/mol. The van der Waals surface area contributed by atoms with Crippen LogP contribution in [-0.2, 0) is 4.80 Å². The van der Waals surface area contributed by atoms with Crippen molar-refractivity contribution < 1.29 is 9.59 Å². The lowest BCUT2D eigenvalue weighted by Crippen LogP contribution is -2.21. The highest BCUT2D eigenvalue weighted by atomic mass is 28.4. The van der Waals surface area contributed by atoms with Gasteiger partial charge < -0.3 is 4.80 Å². The first-order chi connectivity index (χ1) is 2.00. The van der Waals surface area contributed by atoms with Crippen molar-refractivity contribution in [1.29, 1.82) is 0 Å². The Morgan fingerprint density at radius 3 is 1.60 bits per heavy atom. The van der Waals surface area contributed by atoms with Crippen LogP contribution in [0.1, 0.15) is 0 Å². The highest BCUT2D eigenvalue weighted by Gasteiger charge is 2.12. The molecule has 31 valence electrons. The molecule has 1 N–H and O–H groups in total. The second-order valence-corrected chi connectivity index (χ2v) is 4.34. The van der Waals surface area contributed by atoms with Crippen LogP contribution in [0.5, 0.6) is 0 Å². The van der Waals surface area contributed by atoms with E-state index >= 15 is 0 Å². The zero-order valence-electron chi connectivity index (χ0n) is 3.36. The summed E-state index contributed by atoms with van der Waals surface area (Å²) in [4.78, 5) is 17.9. The van der Waals surface area contributed by atoms with Gasteiger partial charge in [-0.05, 0) is 13.1 Å². The fourth-order valence-electron chi connectivity index (χ4n) is 0. The summed E-state index contributed by atoms with van der Waals surface area (Å²) >= 11 is 0. The molecule has 0 amide bonds. The summed E-state index contributed by atoms with van der Waals surface area (Å²) in [5.41, 5.74) is 0. The molecule has 0 fully saturated rings. The summed E-state index contributed by atoms with van der Waals surface area (Å²) in [6.45, 7) is 2.65. The fourth-order valence-corrected chi connectivity index (χ4v) is 0. The third-order valence-corrected chi connectivity index (χ3v) is 0. The number of rotatable bonds is 0. The van der Waals surface area contributed by atoms with Crippen LogP contribution < -0.4 is 0 Å². The maximum Gasteiger partial charge on any atom is 0.364 e. The first-order valence-electron chi connectivity index (χ1n) is 1.43. The fraction of sp³-hybridized carbons (Fsp3) is 1.00. The van der Waals surface area contributed by atoms with Crippen molar-refractivity contribution in [1.82, 2.24) is 0 Å². The predicted octanol–water partition coefficient (Wildman–Crippen LogP) is 0.111. The Bertz CT molecular complexity index is 23.1. The molecule has 0 saturated heterocycles. The minimum atomic E-state index is -2.86. The van der Waals surface area contributed by atoms with Crippen molar-refractivity contribution in [2.24, 2.45) is 0 Å². The molecule has 0 aliphatic carbocycles. The maximum atomic E-state index is 9.80. The molecule has 0 aromatic rings. The van der Waals surface area contributed by atoms with Crippen molar-refractivity contribution in [3.8, 4) is 0 Å². The van der Waals surface area contributed by atoms with E-state index in [4.69, 9.17) is 4.80 Å². The predicted molar refractivity (Wildman–Crippen MR) is 20.4 cm³/mol. The van der Waals surface area contributed by atoms with Gasteiger partial charge in [0.25, 0.3) is 0 Å². The average molecular weight is 91.2 g/mol. The zero-order chi connectivity index (χ0) is 4.50. The largest absolute Gasteiger partial charge is 0.409 e. The van der Waals surface area contributed by atoms with Gasteiger partial charge in [-0.2, -0.15) is 0 Å². The molecule has 0 aromatic heterocycles. The van der Waals surface area contributed by atoms with E-state index < -0.39 is 8.56 Å². The number of hydrogen-bond acceptors (Lipinski definition) is 1. The molecule has 0 unspecified atom stereocenters. The summed E-state index contributed by atoms with van der Waals surface area (Å²) in [7, 11) is -2.86. The minimum Gasteiger partial charge on any atom is -0.409 e. The molecule has 0 saturated carbocycles. The lowest BCUT2D eigenvalue weighted by Gasteiger charge is -1.93. The van der Waals surface area contributed by atoms with Crippen LogP contribution in [0.4, 0.5) is 0 Å². The number of hydrogen-bond donors (Lipinski definition) is 1. The van der Waals surface area contributed by atoms with Gasteiger partial charge in [-0.3, -0.25) is 4.80 Å². The van der Waals surface area contributed by atoms with E-state index in [0.717, 1.165) is 0 Å². The van der Waals surface area contributed by atoms with Crippen LogP contribution in [-0.4, -0.2) is 13.4 Å². The third kappa shape index (κ3) is 1010. The Kier molecular flexibility index (Phi) is 1.11. The molecule has 5 heavy (non-hydrogen) atoms. The van der Waals surface area contributed by atoms with Gasteiger partial charge in [0, 0.05) is 0 Å². The highest BCUT2D eigenvalue weighted by molar-refractivity contribution is 6.61. The van der Waals surface area contributed by atoms with E-state index in [2.05, 4.69) is 0 Å². The standard InChI is InChI=1S/C2H7O2Si/c1-5(2,3)4/h3H,1-2H3. The molecule has 3 heteroatoms. The van der Waals surface area contributed by atoms with Gasteiger partial charge in [-0.1, -0.05) is 0 Å². The molecule has 0 spiro atoms. The first-order valence-corrected chi connectivity index (χ1v) is 4.28. The Hall–Kier alpha value is 0.137. The average Bonchev–Trinajstić information content (AvgIpc) is 0.722. The lowest BCUT2D eigenvalue weighted by atomic mass is 11.9. The van der Waals surface area contributed by atoms with Crippen LogP contribution in [0.25, 0.3) is 0 Å². The topological polar surface area (TPSA) is 40.1 Å². The molecular formula is C2H7O2Si. The van der Waals surface area contributed by atoms with E-state index in [0.29, 0.717) is 0 Å². The van der Waals surface area contributed by atoms with E-state index in [1.54, 1.807) is 0 Å². The summed E-state index contributed by atoms with van der Waals surface area (Å²) in [6.07, 6.45) is 0. The van der Waals surface area contributed by atoms with Crippen molar-refractivity contribution >= 4 is 8.56 Å². The van der Waals surface area contributed by atoms with Gasteiger partial charge in [0.05, 0.1) is 0 Å². The quantitative estimate of drug-likeness (QED) is 0.422. The SMILES string of the molecule is C[Si](C)([O])O.